The second kappa shape index (κ2) is 8.02. The van der Waals surface area contributed by atoms with Gasteiger partial charge in [-0.3, -0.25) is 4.90 Å². The van der Waals surface area contributed by atoms with Crippen molar-refractivity contribution in [1.29, 1.82) is 0 Å². The third-order valence-corrected chi connectivity index (χ3v) is 4.95. The van der Waals surface area contributed by atoms with Crippen molar-refractivity contribution < 1.29 is 4.74 Å². The first-order valence-electron chi connectivity index (χ1n) is 9.18. The third kappa shape index (κ3) is 4.22. The lowest BCUT2D eigenvalue weighted by molar-refractivity contribution is 0.319. The molecule has 25 heavy (non-hydrogen) atoms. The Hall–Kier alpha value is -1.85. The number of benzene rings is 1. The standard InChI is InChI=1S/C20H30N4O/c1-15(2)19-18(20(25-4)23(3)22-19)12-21-17-10-11-24(14-17)13-16-8-6-5-7-9-16/h5-9,15,17,21H,10-14H2,1-4H3. The highest BCUT2D eigenvalue weighted by Crippen LogP contribution is 2.27. The Morgan fingerprint density at radius 1 is 1.28 bits per heavy atom. The molecular formula is C20H30N4O. The number of aromatic nitrogens is 2. The molecule has 0 amide bonds. The molecule has 1 fully saturated rings. The Morgan fingerprint density at radius 2 is 2.04 bits per heavy atom. The lowest BCUT2D eigenvalue weighted by Crippen LogP contribution is -2.32. The van der Waals surface area contributed by atoms with Gasteiger partial charge in [0.25, 0.3) is 0 Å². The first kappa shape index (κ1) is 18.0. The van der Waals surface area contributed by atoms with Crippen molar-refractivity contribution in [3.05, 3.63) is 47.2 Å². The Kier molecular flexibility index (Phi) is 5.76. The van der Waals surface area contributed by atoms with Crippen molar-refractivity contribution in [3.8, 4) is 5.88 Å². The molecule has 1 unspecified atom stereocenters. The Labute approximate surface area is 151 Å². The number of methoxy groups -OCH3 is 1. The fourth-order valence-corrected chi connectivity index (χ4v) is 3.69. The molecule has 1 aliphatic heterocycles. The van der Waals surface area contributed by atoms with Crippen LogP contribution in [0.4, 0.5) is 0 Å². The van der Waals surface area contributed by atoms with Crippen LogP contribution in [-0.2, 0) is 20.1 Å². The van der Waals surface area contributed by atoms with Gasteiger partial charge in [-0.2, -0.15) is 5.10 Å². The van der Waals surface area contributed by atoms with Crippen LogP contribution in [0.25, 0.3) is 0 Å². The van der Waals surface area contributed by atoms with E-state index in [0.29, 0.717) is 12.0 Å². The highest BCUT2D eigenvalue weighted by Gasteiger charge is 2.24. The zero-order chi connectivity index (χ0) is 17.8. The van der Waals surface area contributed by atoms with Crippen LogP contribution in [0.15, 0.2) is 30.3 Å². The molecule has 0 spiro atoms. The minimum Gasteiger partial charge on any atom is -0.481 e. The molecule has 1 aliphatic rings. The molecule has 5 heteroatoms. The van der Waals surface area contributed by atoms with E-state index in [1.54, 1.807) is 7.11 Å². The lowest BCUT2D eigenvalue weighted by Gasteiger charge is -2.17. The molecule has 136 valence electrons. The van der Waals surface area contributed by atoms with Crippen LogP contribution in [0.3, 0.4) is 0 Å². The number of hydrogen-bond donors (Lipinski definition) is 1. The molecule has 2 aromatic rings. The normalized spacial score (nSPS) is 18.2. The SMILES string of the molecule is COc1c(CNC2CCN(Cc3ccccc3)C2)c(C(C)C)nn1C. The van der Waals surface area contributed by atoms with E-state index in [4.69, 9.17) is 4.74 Å². The number of nitrogens with zero attached hydrogens (tertiary/aromatic N) is 3. The number of rotatable bonds is 7. The van der Waals surface area contributed by atoms with Crippen LogP contribution in [0.2, 0.25) is 0 Å². The molecule has 1 aromatic carbocycles. The Bertz CT molecular complexity index is 681. The van der Waals surface area contributed by atoms with E-state index in [9.17, 15) is 0 Å². The molecule has 0 saturated carbocycles. The van der Waals surface area contributed by atoms with Gasteiger partial charge in [0.05, 0.1) is 18.4 Å². The number of likely N-dealkylation sites (tertiary alicyclic amines) is 1. The van der Waals surface area contributed by atoms with Gasteiger partial charge < -0.3 is 10.1 Å². The summed E-state index contributed by atoms with van der Waals surface area (Å²) in [5.41, 5.74) is 3.71. The van der Waals surface area contributed by atoms with E-state index in [1.165, 1.54) is 17.5 Å². The van der Waals surface area contributed by atoms with Gasteiger partial charge in [0, 0.05) is 39.3 Å². The number of ether oxygens (including phenoxy) is 1. The summed E-state index contributed by atoms with van der Waals surface area (Å²) in [5, 5.41) is 8.36. The van der Waals surface area contributed by atoms with Crippen molar-refractivity contribution in [2.24, 2.45) is 7.05 Å². The predicted molar refractivity (Wildman–Crippen MR) is 101 cm³/mol. The van der Waals surface area contributed by atoms with Crippen molar-refractivity contribution in [1.82, 2.24) is 20.0 Å². The van der Waals surface area contributed by atoms with Crippen molar-refractivity contribution in [2.75, 3.05) is 20.2 Å². The van der Waals surface area contributed by atoms with Crippen LogP contribution in [0, 0.1) is 0 Å². The van der Waals surface area contributed by atoms with Crippen molar-refractivity contribution >= 4 is 0 Å². The van der Waals surface area contributed by atoms with Gasteiger partial charge in [0.2, 0.25) is 5.88 Å². The maximum atomic E-state index is 5.57. The van der Waals surface area contributed by atoms with Crippen LogP contribution >= 0.6 is 0 Å². The molecular weight excluding hydrogens is 312 g/mol. The van der Waals surface area contributed by atoms with Crippen LogP contribution in [-0.4, -0.2) is 40.9 Å². The van der Waals surface area contributed by atoms with E-state index in [-0.39, 0.29) is 0 Å². The van der Waals surface area contributed by atoms with Crippen molar-refractivity contribution in [2.45, 2.75) is 45.3 Å². The molecule has 0 radical (unpaired) electrons. The van der Waals surface area contributed by atoms with E-state index < -0.39 is 0 Å². The van der Waals surface area contributed by atoms with E-state index in [0.717, 1.165) is 37.8 Å². The van der Waals surface area contributed by atoms with Gasteiger partial charge in [0.1, 0.15) is 0 Å². The zero-order valence-corrected chi connectivity index (χ0v) is 15.8. The average Bonchev–Trinajstić information content (AvgIpc) is 3.17. The highest BCUT2D eigenvalue weighted by atomic mass is 16.5. The smallest absolute Gasteiger partial charge is 0.216 e. The largest absolute Gasteiger partial charge is 0.481 e. The van der Waals surface area contributed by atoms with Crippen LogP contribution < -0.4 is 10.1 Å². The van der Waals surface area contributed by atoms with E-state index in [1.807, 2.05) is 11.7 Å². The maximum Gasteiger partial charge on any atom is 0.216 e. The first-order valence-corrected chi connectivity index (χ1v) is 9.18. The molecule has 1 aromatic heterocycles. The fourth-order valence-electron chi connectivity index (χ4n) is 3.69. The van der Waals surface area contributed by atoms with Gasteiger partial charge in [-0.15, -0.1) is 0 Å². The fraction of sp³-hybridized carbons (Fsp3) is 0.550. The van der Waals surface area contributed by atoms with E-state index >= 15 is 0 Å². The molecule has 5 nitrogen and oxygen atoms in total. The summed E-state index contributed by atoms with van der Waals surface area (Å²) in [6.07, 6.45) is 1.19. The number of hydrogen-bond acceptors (Lipinski definition) is 4. The quantitative estimate of drug-likeness (QED) is 0.840. The topological polar surface area (TPSA) is 42.3 Å². The first-order chi connectivity index (χ1) is 12.1. The molecule has 1 saturated heterocycles. The summed E-state index contributed by atoms with van der Waals surface area (Å²) >= 11 is 0. The summed E-state index contributed by atoms with van der Waals surface area (Å²) in [6.45, 7) is 8.45. The molecule has 0 aliphatic carbocycles. The average molecular weight is 342 g/mol. The van der Waals surface area contributed by atoms with Gasteiger partial charge in [-0.05, 0) is 17.9 Å². The Balaban J connectivity index is 1.58. The molecule has 1 atom stereocenters. The predicted octanol–water partition coefficient (Wildman–Crippen LogP) is 2.92. The monoisotopic (exact) mass is 342 g/mol. The van der Waals surface area contributed by atoms with Gasteiger partial charge in [-0.1, -0.05) is 44.2 Å². The lowest BCUT2D eigenvalue weighted by atomic mass is 10.1. The number of aryl methyl sites for hydroxylation is 1. The van der Waals surface area contributed by atoms with Crippen LogP contribution in [0.5, 0.6) is 5.88 Å². The summed E-state index contributed by atoms with van der Waals surface area (Å²) in [4.78, 5) is 2.52. The van der Waals surface area contributed by atoms with Gasteiger partial charge in [0.15, 0.2) is 0 Å². The summed E-state index contributed by atoms with van der Waals surface area (Å²) in [5.74, 6) is 1.26. The van der Waals surface area contributed by atoms with E-state index in [2.05, 4.69) is 59.5 Å². The minimum absolute atomic E-state index is 0.394. The maximum absolute atomic E-state index is 5.57. The molecule has 1 N–H and O–H groups in total. The number of nitrogens with one attached hydrogen (secondary N) is 1. The van der Waals surface area contributed by atoms with Crippen LogP contribution in [0.1, 0.15) is 43.0 Å². The third-order valence-electron chi connectivity index (χ3n) is 4.95. The highest BCUT2D eigenvalue weighted by molar-refractivity contribution is 5.33. The second-order valence-corrected chi connectivity index (χ2v) is 7.24. The summed E-state index contributed by atoms with van der Waals surface area (Å²) < 4.78 is 7.42. The zero-order valence-electron chi connectivity index (χ0n) is 15.8. The van der Waals surface area contributed by atoms with Gasteiger partial charge >= 0.3 is 0 Å². The Morgan fingerprint density at radius 3 is 2.72 bits per heavy atom. The summed E-state index contributed by atoms with van der Waals surface area (Å²) in [7, 11) is 3.67. The molecule has 0 bridgehead atoms. The second-order valence-electron chi connectivity index (χ2n) is 7.24. The molecule has 2 heterocycles. The van der Waals surface area contributed by atoms with Gasteiger partial charge in [-0.25, -0.2) is 4.68 Å². The van der Waals surface area contributed by atoms with Crippen molar-refractivity contribution in [3.63, 3.8) is 0 Å². The summed E-state index contributed by atoms with van der Waals surface area (Å²) in [6, 6.07) is 11.2. The minimum atomic E-state index is 0.394. The molecule has 3 rings (SSSR count).